The lowest BCUT2D eigenvalue weighted by Crippen LogP contribution is -2.37. The van der Waals surface area contributed by atoms with Crippen LogP contribution in [0.2, 0.25) is 0 Å². The second kappa shape index (κ2) is 9.88. The first-order valence-corrected chi connectivity index (χ1v) is 9.55. The quantitative estimate of drug-likeness (QED) is 0.525. The number of ether oxygens (including phenoxy) is 2. The summed E-state index contributed by atoms with van der Waals surface area (Å²) in [6.45, 7) is 8.76. The van der Waals surface area contributed by atoms with Crippen molar-refractivity contribution in [1.82, 2.24) is 10.3 Å². The first-order chi connectivity index (χ1) is 12.8. The Kier molecular flexibility index (Phi) is 7.83. The number of carbonyl (C=O) groups is 1. The highest BCUT2D eigenvalue weighted by Gasteiger charge is 2.30. The molecule has 2 rings (SSSR count). The lowest BCUT2D eigenvalue weighted by atomic mass is 9.95. The molecule has 0 radical (unpaired) electrons. The monoisotopic (exact) mass is 376 g/mol. The maximum Gasteiger partial charge on any atom is 0.314 e. The van der Waals surface area contributed by atoms with Crippen molar-refractivity contribution in [3.8, 4) is 0 Å². The van der Waals surface area contributed by atoms with Crippen molar-refractivity contribution in [1.29, 1.82) is 0 Å². The minimum Gasteiger partial charge on any atom is -0.459 e. The average Bonchev–Trinajstić information content (AvgIpc) is 3.06. The molecule has 0 aliphatic heterocycles. The highest BCUT2D eigenvalue weighted by molar-refractivity contribution is 5.80. The Labute approximate surface area is 161 Å². The van der Waals surface area contributed by atoms with Gasteiger partial charge in [0.1, 0.15) is 6.61 Å². The summed E-state index contributed by atoms with van der Waals surface area (Å²) in [5, 5.41) is 14.3. The number of fused-ring (bicyclic) bond motifs is 1. The van der Waals surface area contributed by atoms with E-state index in [-0.39, 0.29) is 25.8 Å². The van der Waals surface area contributed by atoms with E-state index in [0.717, 1.165) is 23.0 Å². The number of hydrogen-bond acceptors (Lipinski definition) is 5. The van der Waals surface area contributed by atoms with E-state index in [2.05, 4.69) is 24.1 Å². The van der Waals surface area contributed by atoms with Crippen LogP contribution in [-0.2, 0) is 20.9 Å². The standard InChI is InChI=1S/C21H32N2O4/c1-5-15(2)22-11-18(24)13-26-14-21(3,4)20(25)27-12-17-10-16-8-6-7-9-19(16)23-17/h6-10,15,18,22-24H,5,11-14H2,1-4H3. The molecule has 2 atom stereocenters. The van der Waals surface area contributed by atoms with Crippen molar-refractivity contribution in [3.05, 3.63) is 36.0 Å². The normalized spacial score (nSPS) is 14.3. The number of aromatic amines is 1. The van der Waals surface area contributed by atoms with Crippen molar-refractivity contribution in [2.75, 3.05) is 19.8 Å². The van der Waals surface area contributed by atoms with Crippen molar-refractivity contribution >= 4 is 16.9 Å². The van der Waals surface area contributed by atoms with Gasteiger partial charge in [0.05, 0.1) is 30.4 Å². The first-order valence-electron chi connectivity index (χ1n) is 9.55. The van der Waals surface area contributed by atoms with Gasteiger partial charge in [-0.05, 0) is 44.7 Å². The van der Waals surface area contributed by atoms with E-state index in [1.54, 1.807) is 13.8 Å². The molecule has 0 saturated carbocycles. The van der Waals surface area contributed by atoms with Crippen LogP contribution in [0.5, 0.6) is 0 Å². The summed E-state index contributed by atoms with van der Waals surface area (Å²) in [4.78, 5) is 15.6. The molecule has 150 valence electrons. The second-order valence-corrected chi connectivity index (χ2v) is 7.73. The molecule has 27 heavy (non-hydrogen) atoms. The Hall–Kier alpha value is -1.89. The van der Waals surface area contributed by atoms with Gasteiger partial charge in [0.2, 0.25) is 0 Å². The molecule has 1 heterocycles. The van der Waals surface area contributed by atoms with Crippen molar-refractivity contribution in [3.63, 3.8) is 0 Å². The molecule has 0 amide bonds. The van der Waals surface area contributed by atoms with Gasteiger partial charge in [-0.15, -0.1) is 0 Å². The SMILES string of the molecule is CCC(C)NCC(O)COCC(C)(C)C(=O)OCc1cc2ccccc2[nH]1. The zero-order chi connectivity index (χ0) is 19.9. The number of esters is 1. The fraction of sp³-hybridized carbons (Fsp3) is 0.571. The van der Waals surface area contributed by atoms with E-state index in [1.807, 2.05) is 30.3 Å². The van der Waals surface area contributed by atoms with E-state index in [4.69, 9.17) is 9.47 Å². The Morgan fingerprint density at radius 1 is 1.33 bits per heavy atom. The number of aliphatic hydroxyl groups is 1. The molecular weight excluding hydrogens is 344 g/mol. The van der Waals surface area contributed by atoms with E-state index in [9.17, 15) is 9.90 Å². The highest BCUT2D eigenvalue weighted by Crippen LogP contribution is 2.20. The van der Waals surface area contributed by atoms with Gasteiger partial charge in [-0.3, -0.25) is 4.79 Å². The Bertz CT molecular complexity index is 693. The van der Waals surface area contributed by atoms with Gasteiger partial charge in [0, 0.05) is 18.1 Å². The molecular formula is C21H32N2O4. The van der Waals surface area contributed by atoms with Crippen LogP contribution < -0.4 is 5.32 Å². The predicted octanol–water partition coefficient (Wildman–Crippen LogP) is 3.00. The molecule has 2 aromatic rings. The van der Waals surface area contributed by atoms with E-state index >= 15 is 0 Å². The lowest BCUT2D eigenvalue weighted by Gasteiger charge is -2.23. The molecule has 0 bridgehead atoms. The maximum atomic E-state index is 12.4. The number of carbonyl (C=O) groups excluding carboxylic acids is 1. The summed E-state index contributed by atoms with van der Waals surface area (Å²) in [5.41, 5.74) is 1.09. The van der Waals surface area contributed by atoms with Crippen LogP contribution >= 0.6 is 0 Å². The number of rotatable bonds is 11. The van der Waals surface area contributed by atoms with Gasteiger partial charge in [-0.2, -0.15) is 0 Å². The van der Waals surface area contributed by atoms with Gasteiger partial charge >= 0.3 is 5.97 Å². The number of benzene rings is 1. The Morgan fingerprint density at radius 2 is 2.07 bits per heavy atom. The fourth-order valence-corrected chi connectivity index (χ4v) is 2.60. The largest absolute Gasteiger partial charge is 0.459 e. The molecule has 3 N–H and O–H groups in total. The molecule has 1 aromatic heterocycles. The summed E-state index contributed by atoms with van der Waals surface area (Å²) < 4.78 is 11.0. The minimum absolute atomic E-state index is 0.183. The third kappa shape index (κ3) is 6.65. The maximum absolute atomic E-state index is 12.4. The van der Waals surface area contributed by atoms with Gasteiger partial charge in [-0.1, -0.05) is 25.1 Å². The number of hydrogen-bond donors (Lipinski definition) is 3. The minimum atomic E-state index is -0.782. The Balaban J connectivity index is 1.73. The molecule has 6 nitrogen and oxygen atoms in total. The third-order valence-corrected chi connectivity index (χ3v) is 4.58. The van der Waals surface area contributed by atoms with E-state index in [0.29, 0.717) is 12.6 Å². The molecule has 6 heteroatoms. The highest BCUT2D eigenvalue weighted by atomic mass is 16.5. The number of nitrogens with one attached hydrogen (secondary N) is 2. The number of H-pyrrole nitrogens is 1. The summed E-state index contributed by atoms with van der Waals surface area (Å²) in [7, 11) is 0. The van der Waals surface area contributed by atoms with E-state index in [1.165, 1.54) is 0 Å². The van der Waals surface area contributed by atoms with Gasteiger partial charge < -0.3 is 24.9 Å². The summed E-state index contributed by atoms with van der Waals surface area (Å²) >= 11 is 0. The number of para-hydroxylation sites is 1. The number of aliphatic hydroxyl groups excluding tert-OH is 1. The lowest BCUT2D eigenvalue weighted by molar-refractivity contribution is -0.159. The first kappa shape index (κ1) is 21.4. The average molecular weight is 376 g/mol. The smallest absolute Gasteiger partial charge is 0.314 e. The van der Waals surface area contributed by atoms with Crippen molar-refractivity contribution in [2.45, 2.75) is 52.9 Å². The van der Waals surface area contributed by atoms with Gasteiger partial charge in [0.25, 0.3) is 0 Å². The summed E-state index contributed by atoms with van der Waals surface area (Å²) in [5.74, 6) is -0.326. The molecule has 0 aliphatic rings. The zero-order valence-electron chi connectivity index (χ0n) is 16.7. The zero-order valence-corrected chi connectivity index (χ0v) is 16.7. The molecule has 0 aliphatic carbocycles. The second-order valence-electron chi connectivity index (χ2n) is 7.73. The van der Waals surface area contributed by atoms with Crippen LogP contribution in [-0.4, -0.2) is 48.0 Å². The van der Waals surface area contributed by atoms with Crippen LogP contribution in [0, 0.1) is 5.41 Å². The van der Waals surface area contributed by atoms with Crippen LogP contribution in [0.3, 0.4) is 0 Å². The topological polar surface area (TPSA) is 83.6 Å². The molecule has 1 aromatic carbocycles. The van der Waals surface area contributed by atoms with Gasteiger partial charge in [0.15, 0.2) is 0 Å². The van der Waals surface area contributed by atoms with Crippen LogP contribution in [0.15, 0.2) is 30.3 Å². The van der Waals surface area contributed by atoms with Crippen LogP contribution in [0.4, 0.5) is 0 Å². The predicted molar refractivity (Wildman–Crippen MR) is 106 cm³/mol. The third-order valence-electron chi connectivity index (χ3n) is 4.58. The van der Waals surface area contributed by atoms with Crippen molar-refractivity contribution < 1.29 is 19.4 Å². The van der Waals surface area contributed by atoms with Crippen LogP contribution in [0.1, 0.15) is 39.8 Å². The summed E-state index contributed by atoms with van der Waals surface area (Å²) in [6, 6.07) is 10.3. The molecule has 2 unspecified atom stereocenters. The summed E-state index contributed by atoms with van der Waals surface area (Å²) in [6.07, 6.45) is 0.403. The number of aromatic nitrogens is 1. The van der Waals surface area contributed by atoms with Crippen molar-refractivity contribution in [2.24, 2.45) is 5.41 Å². The van der Waals surface area contributed by atoms with E-state index < -0.39 is 11.5 Å². The van der Waals surface area contributed by atoms with Gasteiger partial charge in [-0.25, -0.2) is 0 Å². The fourth-order valence-electron chi connectivity index (χ4n) is 2.60. The molecule has 0 saturated heterocycles. The molecule has 0 fully saturated rings. The van der Waals surface area contributed by atoms with Crippen LogP contribution in [0.25, 0.3) is 10.9 Å². The Morgan fingerprint density at radius 3 is 2.78 bits per heavy atom. The molecule has 0 spiro atoms.